The monoisotopic (exact) mass is 351 g/mol. The molecule has 0 spiro atoms. The summed E-state index contributed by atoms with van der Waals surface area (Å²) in [6.07, 6.45) is 0.990. The molecule has 0 aromatic heterocycles. The van der Waals surface area contributed by atoms with Crippen LogP contribution in [0.4, 0.5) is 11.4 Å². The molecule has 2 aromatic carbocycles. The lowest BCUT2D eigenvalue weighted by Gasteiger charge is -2.32. The Morgan fingerprint density at radius 2 is 1.69 bits per heavy atom. The molecule has 0 saturated carbocycles. The fourth-order valence-corrected chi connectivity index (χ4v) is 3.68. The van der Waals surface area contributed by atoms with Gasteiger partial charge in [-0.3, -0.25) is 24.6 Å². The average Bonchev–Trinajstić information content (AvgIpc) is 2.95. The number of carbonyl (C=O) groups is 2. The van der Waals surface area contributed by atoms with Crippen LogP contribution in [-0.4, -0.2) is 34.2 Å². The lowest BCUT2D eigenvalue weighted by atomic mass is 9.98. The summed E-state index contributed by atoms with van der Waals surface area (Å²) in [5, 5.41) is 10.8. The van der Waals surface area contributed by atoms with E-state index in [9.17, 15) is 19.7 Å². The molecule has 132 valence electrons. The predicted molar refractivity (Wildman–Crippen MR) is 94.6 cm³/mol. The fourth-order valence-electron chi connectivity index (χ4n) is 3.68. The van der Waals surface area contributed by atoms with Crippen LogP contribution in [0, 0.1) is 10.1 Å². The van der Waals surface area contributed by atoms with Crippen molar-refractivity contribution in [3.8, 4) is 0 Å². The van der Waals surface area contributed by atoms with Crippen molar-refractivity contribution in [2.75, 3.05) is 11.4 Å². The van der Waals surface area contributed by atoms with Gasteiger partial charge in [-0.1, -0.05) is 24.3 Å². The molecule has 26 heavy (non-hydrogen) atoms. The van der Waals surface area contributed by atoms with Gasteiger partial charge in [-0.25, -0.2) is 4.90 Å². The van der Waals surface area contributed by atoms with Gasteiger partial charge in [0.15, 0.2) is 0 Å². The highest BCUT2D eigenvalue weighted by Gasteiger charge is 2.43. The van der Waals surface area contributed by atoms with E-state index in [1.165, 1.54) is 35.4 Å². The SMILES string of the molecule is O=C1C[C@@H](N2CCc3ccccc3C2)C(=O)N1c1ccc([N+](=O)[O-])cc1. The number of benzene rings is 2. The third kappa shape index (κ3) is 2.76. The molecule has 4 rings (SSSR count). The van der Waals surface area contributed by atoms with E-state index in [1.807, 2.05) is 17.0 Å². The third-order valence-corrected chi connectivity index (χ3v) is 5.04. The number of imide groups is 1. The molecular weight excluding hydrogens is 334 g/mol. The number of hydrogen-bond acceptors (Lipinski definition) is 5. The number of rotatable bonds is 3. The molecule has 0 bridgehead atoms. The standard InChI is InChI=1S/C19H17N3O4/c23-18-11-17(20-10-9-13-3-1-2-4-14(13)12-20)19(24)21(18)15-5-7-16(8-6-15)22(25)26/h1-8,17H,9-12H2/t17-/m1/s1. The minimum atomic E-state index is -0.509. The molecule has 1 fully saturated rings. The second-order valence-corrected chi connectivity index (χ2v) is 6.55. The Kier molecular flexibility index (Phi) is 4.00. The zero-order chi connectivity index (χ0) is 18.3. The summed E-state index contributed by atoms with van der Waals surface area (Å²) in [6.45, 7) is 1.38. The highest BCUT2D eigenvalue weighted by atomic mass is 16.6. The zero-order valence-electron chi connectivity index (χ0n) is 14.0. The Balaban J connectivity index is 1.55. The number of nitro benzene ring substituents is 1. The van der Waals surface area contributed by atoms with E-state index in [1.54, 1.807) is 0 Å². The van der Waals surface area contributed by atoms with E-state index >= 15 is 0 Å². The second-order valence-electron chi connectivity index (χ2n) is 6.55. The summed E-state index contributed by atoms with van der Waals surface area (Å²) in [7, 11) is 0. The Bertz CT molecular complexity index is 894. The van der Waals surface area contributed by atoms with Gasteiger partial charge in [-0.05, 0) is 29.7 Å². The number of nitrogens with zero attached hydrogens (tertiary/aromatic N) is 3. The smallest absolute Gasteiger partial charge is 0.269 e. The van der Waals surface area contributed by atoms with Crippen LogP contribution in [0.1, 0.15) is 17.5 Å². The summed E-state index contributed by atoms with van der Waals surface area (Å²) in [6, 6.07) is 13.2. The predicted octanol–water partition coefficient (Wildman–Crippen LogP) is 2.29. The van der Waals surface area contributed by atoms with Gasteiger partial charge in [-0.2, -0.15) is 0 Å². The van der Waals surface area contributed by atoms with Crippen molar-refractivity contribution in [2.24, 2.45) is 0 Å². The molecule has 0 N–H and O–H groups in total. The van der Waals surface area contributed by atoms with E-state index < -0.39 is 11.0 Å². The summed E-state index contributed by atoms with van der Waals surface area (Å²) < 4.78 is 0. The van der Waals surface area contributed by atoms with E-state index in [0.29, 0.717) is 12.2 Å². The van der Waals surface area contributed by atoms with E-state index in [-0.39, 0.29) is 23.9 Å². The molecule has 0 unspecified atom stereocenters. The molecular formula is C19H17N3O4. The molecule has 0 aliphatic carbocycles. The Labute approximate surface area is 150 Å². The lowest BCUT2D eigenvalue weighted by molar-refractivity contribution is -0.384. The molecule has 2 heterocycles. The molecule has 2 aromatic rings. The van der Waals surface area contributed by atoms with Gasteiger partial charge in [0.05, 0.1) is 23.1 Å². The quantitative estimate of drug-likeness (QED) is 0.481. The van der Waals surface area contributed by atoms with Gasteiger partial charge >= 0.3 is 0 Å². The van der Waals surface area contributed by atoms with Crippen molar-refractivity contribution in [2.45, 2.75) is 25.4 Å². The zero-order valence-corrected chi connectivity index (χ0v) is 14.0. The van der Waals surface area contributed by atoms with Crippen molar-refractivity contribution < 1.29 is 14.5 Å². The highest BCUT2D eigenvalue weighted by molar-refractivity contribution is 6.22. The van der Waals surface area contributed by atoms with Crippen molar-refractivity contribution in [1.29, 1.82) is 0 Å². The van der Waals surface area contributed by atoms with E-state index in [4.69, 9.17) is 0 Å². The molecule has 2 amide bonds. The number of nitro groups is 1. The van der Waals surface area contributed by atoms with Gasteiger partial charge in [-0.15, -0.1) is 0 Å². The topological polar surface area (TPSA) is 83.8 Å². The number of hydrogen-bond donors (Lipinski definition) is 0. The fraction of sp³-hybridized carbons (Fsp3) is 0.263. The molecule has 7 nitrogen and oxygen atoms in total. The molecule has 1 saturated heterocycles. The van der Waals surface area contributed by atoms with Crippen LogP contribution in [0.25, 0.3) is 0 Å². The first kappa shape index (κ1) is 16.4. The first-order valence-electron chi connectivity index (χ1n) is 8.46. The Morgan fingerprint density at radius 3 is 2.38 bits per heavy atom. The number of fused-ring (bicyclic) bond motifs is 1. The molecule has 7 heteroatoms. The van der Waals surface area contributed by atoms with E-state index in [0.717, 1.165) is 17.9 Å². The van der Waals surface area contributed by atoms with Crippen molar-refractivity contribution in [3.05, 3.63) is 69.8 Å². The summed E-state index contributed by atoms with van der Waals surface area (Å²) in [4.78, 5) is 38.8. The van der Waals surface area contributed by atoms with Crippen LogP contribution in [-0.2, 0) is 22.6 Å². The van der Waals surface area contributed by atoms with Crippen LogP contribution in [0.2, 0.25) is 0 Å². The number of anilines is 1. The Hall–Kier alpha value is -3.06. The van der Waals surface area contributed by atoms with Crippen molar-refractivity contribution in [3.63, 3.8) is 0 Å². The molecule has 0 radical (unpaired) electrons. The van der Waals surface area contributed by atoms with Gasteiger partial charge in [0.2, 0.25) is 5.91 Å². The van der Waals surface area contributed by atoms with Gasteiger partial charge < -0.3 is 0 Å². The largest absolute Gasteiger partial charge is 0.287 e. The van der Waals surface area contributed by atoms with Gasteiger partial charge in [0.25, 0.3) is 11.6 Å². The minimum absolute atomic E-state index is 0.0722. The second kappa shape index (κ2) is 6.34. The Morgan fingerprint density at radius 1 is 1.00 bits per heavy atom. The van der Waals surface area contributed by atoms with Crippen LogP contribution >= 0.6 is 0 Å². The number of amides is 2. The summed E-state index contributed by atoms with van der Waals surface area (Å²) in [5.41, 5.74) is 2.78. The van der Waals surface area contributed by atoms with Crippen LogP contribution in [0.5, 0.6) is 0 Å². The molecule has 2 aliphatic heterocycles. The van der Waals surface area contributed by atoms with Crippen LogP contribution in [0.15, 0.2) is 48.5 Å². The van der Waals surface area contributed by atoms with Gasteiger partial charge in [0, 0.05) is 25.2 Å². The highest BCUT2D eigenvalue weighted by Crippen LogP contribution is 2.30. The maximum Gasteiger partial charge on any atom is 0.269 e. The molecule has 2 aliphatic rings. The number of carbonyl (C=O) groups excluding carboxylic acids is 2. The van der Waals surface area contributed by atoms with Crippen LogP contribution in [0.3, 0.4) is 0 Å². The average molecular weight is 351 g/mol. The maximum atomic E-state index is 12.9. The van der Waals surface area contributed by atoms with Gasteiger partial charge in [0.1, 0.15) is 0 Å². The molecule has 1 atom stereocenters. The van der Waals surface area contributed by atoms with Crippen molar-refractivity contribution >= 4 is 23.2 Å². The normalized spacial score (nSPS) is 20.3. The van der Waals surface area contributed by atoms with Crippen molar-refractivity contribution in [1.82, 2.24) is 4.90 Å². The minimum Gasteiger partial charge on any atom is -0.287 e. The lowest BCUT2D eigenvalue weighted by Crippen LogP contribution is -2.44. The summed E-state index contributed by atoms with van der Waals surface area (Å²) >= 11 is 0. The van der Waals surface area contributed by atoms with E-state index in [2.05, 4.69) is 12.1 Å². The summed E-state index contributed by atoms with van der Waals surface area (Å²) in [5.74, 6) is -0.532. The first-order valence-corrected chi connectivity index (χ1v) is 8.46. The van der Waals surface area contributed by atoms with Crippen LogP contribution < -0.4 is 4.90 Å². The first-order chi connectivity index (χ1) is 12.5. The number of non-ortho nitro benzene ring substituents is 1. The maximum absolute atomic E-state index is 12.9. The third-order valence-electron chi connectivity index (χ3n) is 5.04.